The number of methoxy groups -OCH3 is 2. The molecule has 0 spiro atoms. The van der Waals surface area contributed by atoms with Crippen molar-refractivity contribution in [2.75, 3.05) is 27.4 Å². The fraction of sp³-hybridized carbons (Fsp3) is 0.571. The lowest BCUT2D eigenvalue weighted by Crippen LogP contribution is -2.14. The van der Waals surface area contributed by atoms with Crippen molar-refractivity contribution in [3.8, 4) is 5.75 Å². The second-order valence-electron chi connectivity index (χ2n) is 4.08. The second-order valence-corrected chi connectivity index (χ2v) is 4.08. The lowest BCUT2D eigenvalue weighted by atomic mass is 10.2. The highest BCUT2D eigenvalue weighted by atomic mass is 16.5. The number of nitrogens with one attached hydrogen (secondary N) is 1. The zero-order chi connectivity index (χ0) is 12.3. The molecule has 3 heteroatoms. The molecular weight excluding hydrogens is 214 g/mol. The first-order valence-electron chi connectivity index (χ1n) is 6.19. The minimum absolute atomic E-state index is 0.871. The van der Waals surface area contributed by atoms with E-state index in [0.717, 1.165) is 31.9 Å². The van der Waals surface area contributed by atoms with E-state index < -0.39 is 0 Å². The van der Waals surface area contributed by atoms with Gasteiger partial charge >= 0.3 is 0 Å². The normalized spacial score (nSPS) is 10.5. The molecular formula is C14H23NO2. The lowest BCUT2D eigenvalue weighted by molar-refractivity contribution is 0.192. The van der Waals surface area contributed by atoms with E-state index in [1.165, 1.54) is 18.4 Å². The summed E-state index contributed by atoms with van der Waals surface area (Å²) in [5, 5.41) is 3.43. The van der Waals surface area contributed by atoms with Gasteiger partial charge in [-0.15, -0.1) is 0 Å². The third-order valence-electron chi connectivity index (χ3n) is 2.67. The molecule has 0 aliphatic carbocycles. The van der Waals surface area contributed by atoms with Crippen molar-refractivity contribution in [1.82, 2.24) is 5.32 Å². The largest absolute Gasteiger partial charge is 0.497 e. The fourth-order valence-electron chi connectivity index (χ4n) is 1.69. The van der Waals surface area contributed by atoms with E-state index in [9.17, 15) is 0 Å². The molecule has 0 atom stereocenters. The van der Waals surface area contributed by atoms with Crippen LogP contribution in [0.4, 0.5) is 0 Å². The SMILES string of the molecule is COCCCCCNCc1cccc(OC)c1. The molecule has 0 aliphatic rings. The first-order chi connectivity index (χ1) is 8.36. The molecule has 0 saturated carbocycles. The summed E-state index contributed by atoms with van der Waals surface area (Å²) in [6, 6.07) is 8.17. The van der Waals surface area contributed by atoms with Gasteiger partial charge in [0, 0.05) is 20.3 Å². The Morgan fingerprint density at radius 3 is 2.76 bits per heavy atom. The molecule has 0 radical (unpaired) electrons. The van der Waals surface area contributed by atoms with Crippen molar-refractivity contribution in [1.29, 1.82) is 0 Å². The minimum atomic E-state index is 0.871. The van der Waals surface area contributed by atoms with E-state index in [2.05, 4.69) is 17.4 Å². The Balaban J connectivity index is 2.09. The van der Waals surface area contributed by atoms with Crippen LogP contribution in [0.15, 0.2) is 24.3 Å². The van der Waals surface area contributed by atoms with Gasteiger partial charge < -0.3 is 14.8 Å². The zero-order valence-corrected chi connectivity index (χ0v) is 10.9. The fourth-order valence-corrected chi connectivity index (χ4v) is 1.69. The molecule has 3 nitrogen and oxygen atoms in total. The predicted molar refractivity (Wildman–Crippen MR) is 70.4 cm³/mol. The quantitative estimate of drug-likeness (QED) is 0.670. The maximum Gasteiger partial charge on any atom is 0.119 e. The van der Waals surface area contributed by atoms with Gasteiger partial charge in [-0.25, -0.2) is 0 Å². The van der Waals surface area contributed by atoms with Crippen LogP contribution in [0.1, 0.15) is 24.8 Å². The highest BCUT2D eigenvalue weighted by molar-refractivity contribution is 5.28. The van der Waals surface area contributed by atoms with Crippen LogP contribution in [0.5, 0.6) is 5.75 Å². The predicted octanol–water partition coefficient (Wildman–Crippen LogP) is 2.60. The van der Waals surface area contributed by atoms with E-state index in [4.69, 9.17) is 9.47 Å². The second kappa shape index (κ2) is 9.02. The van der Waals surface area contributed by atoms with Crippen LogP contribution in [0, 0.1) is 0 Å². The Bertz CT molecular complexity index is 302. The van der Waals surface area contributed by atoms with Crippen LogP contribution >= 0.6 is 0 Å². The molecule has 17 heavy (non-hydrogen) atoms. The highest BCUT2D eigenvalue weighted by Gasteiger charge is 1.95. The van der Waals surface area contributed by atoms with Gasteiger partial charge in [0.15, 0.2) is 0 Å². The number of hydrogen-bond donors (Lipinski definition) is 1. The van der Waals surface area contributed by atoms with Gasteiger partial charge in [0.25, 0.3) is 0 Å². The number of hydrogen-bond acceptors (Lipinski definition) is 3. The molecule has 0 unspecified atom stereocenters. The third kappa shape index (κ3) is 6.29. The molecule has 1 N–H and O–H groups in total. The van der Waals surface area contributed by atoms with Crippen LogP contribution in [-0.2, 0) is 11.3 Å². The van der Waals surface area contributed by atoms with Gasteiger partial charge in [-0.1, -0.05) is 12.1 Å². The Labute approximate surface area is 104 Å². The van der Waals surface area contributed by atoms with Crippen molar-refractivity contribution in [3.05, 3.63) is 29.8 Å². The first kappa shape index (κ1) is 14.0. The van der Waals surface area contributed by atoms with Gasteiger partial charge in [-0.3, -0.25) is 0 Å². The molecule has 0 aliphatic heterocycles. The van der Waals surface area contributed by atoms with Gasteiger partial charge in [0.05, 0.1) is 7.11 Å². The number of unbranched alkanes of at least 4 members (excludes halogenated alkanes) is 2. The minimum Gasteiger partial charge on any atom is -0.497 e. The summed E-state index contributed by atoms with van der Waals surface area (Å²) in [7, 11) is 3.45. The molecule has 0 fully saturated rings. The smallest absolute Gasteiger partial charge is 0.119 e. The van der Waals surface area contributed by atoms with E-state index in [1.54, 1.807) is 14.2 Å². The monoisotopic (exact) mass is 237 g/mol. The summed E-state index contributed by atoms with van der Waals surface area (Å²) in [5.41, 5.74) is 1.27. The van der Waals surface area contributed by atoms with Crippen molar-refractivity contribution in [2.45, 2.75) is 25.8 Å². The Hall–Kier alpha value is -1.06. The molecule has 1 aromatic carbocycles. The molecule has 0 aromatic heterocycles. The number of ether oxygens (including phenoxy) is 2. The van der Waals surface area contributed by atoms with Crippen molar-refractivity contribution >= 4 is 0 Å². The summed E-state index contributed by atoms with van der Waals surface area (Å²) in [6.45, 7) is 2.83. The number of rotatable bonds is 9. The van der Waals surface area contributed by atoms with E-state index >= 15 is 0 Å². The van der Waals surface area contributed by atoms with E-state index in [-0.39, 0.29) is 0 Å². The third-order valence-corrected chi connectivity index (χ3v) is 2.67. The highest BCUT2D eigenvalue weighted by Crippen LogP contribution is 2.12. The van der Waals surface area contributed by atoms with Crippen LogP contribution in [0.25, 0.3) is 0 Å². The molecule has 0 bridgehead atoms. The summed E-state index contributed by atoms with van der Waals surface area (Å²) in [5.74, 6) is 0.921. The summed E-state index contributed by atoms with van der Waals surface area (Å²) >= 11 is 0. The van der Waals surface area contributed by atoms with Gasteiger partial charge in [-0.05, 0) is 43.5 Å². The lowest BCUT2D eigenvalue weighted by Gasteiger charge is -2.06. The molecule has 1 rings (SSSR count). The van der Waals surface area contributed by atoms with Crippen molar-refractivity contribution in [3.63, 3.8) is 0 Å². The zero-order valence-electron chi connectivity index (χ0n) is 10.9. The van der Waals surface area contributed by atoms with Crippen molar-refractivity contribution < 1.29 is 9.47 Å². The molecule has 0 saturated heterocycles. The molecule has 1 aromatic rings. The van der Waals surface area contributed by atoms with Gasteiger partial charge in [-0.2, -0.15) is 0 Å². The van der Waals surface area contributed by atoms with E-state index in [1.807, 2.05) is 12.1 Å². The van der Waals surface area contributed by atoms with E-state index in [0.29, 0.717) is 0 Å². The maximum atomic E-state index is 5.18. The standard InChI is InChI=1S/C14H23NO2/c1-16-10-5-3-4-9-15-12-13-7-6-8-14(11-13)17-2/h6-8,11,15H,3-5,9-10,12H2,1-2H3. The molecule has 0 heterocycles. The summed E-state index contributed by atoms with van der Waals surface area (Å²) < 4.78 is 10.2. The summed E-state index contributed by atoms with van der Waals surface area (Å²) in [4.78, 5) is 0. The molecule has 0 amide bonds. The average Bonchev–Trinajstić information content (AvgIpc) is 2.38. The number of benzene rings is 1. The Kier molecular flexibility index (Phi) is 7.43. The van der Waals surface area contributed by atoms with Crippen LogP contribution in [-0.4, -0.2) is 27.4 Å². The van der Waals surface area contributed by atoms with Crippen molar-refractivity contribution in [2.24, 2.45) is 0 Å². The summed E-state index contributed by atoms with van der Waals surface area (Å²) in [6.07, 6.45) is 3.57. The average molecular weight is 237 g/mol. The van der Waals surface area contributed by atoms with Gasteiger partial charge in [0.2, 0.25) is 0 Å². The van der Waals surface area contributed by atoms with Crippen LogP contribution < -0.4 is 10.1 Å². The Morgan fingerprint density at radius 1 is 1.12 bits per heavy atom. The van der Waals surface area contributed by atoms with Crippen LogP contribution in [0.3, 0.4) is 0 Å². The van der Waals surface area contributed by atoms with Gasteiger partial charge in [0.1, 0.15) is 5.75 Å². The Morgan fingerprint density at radius 2 is 2.00 bits per heavy atom. The maximum absolute atomic E-state index is 5.18. The first-order valence-corrected chi connectivity index (χ1v) is 6.19. The van der Waals surface area contributed by atoms with Crippen LogP contribution in [0.2, 0.25) is 0 Å². The topological polar surface area (TPSA) is 30.5 Å². The molecule has 96 valence electrons.